The lowest BCUT2D eigenvalue weighted by Gasteiger charge is -1.94. The van der Waals surface area contributed by atoms with E-state index in [-0.39, 0.29) is 11.7 Å². The average molecular weight is 166 g/mol. The standard InChI is InChI=1S/C8H10N2O2/c1-5(11)8-4-10(7(3)12)6(2)9-8/h4H,1-3H3. The van der Waals surface area contributed by atoms with Crippen LogP contribution in [0.5, 0.6) is 0 Å². The predicted molar refractivity (Wildman–Crippen MR) is 43.3 cm³/mol. The Balaban J connectivity index is 3.17. The third-order valence-electron chi connectivity index (χ3n) is 1.58. The number of ketones is 1. The third-order valence-corrected chi connectivity index (χ3v) is 1.58. The molecule has 1 heterocycles. The van der Waals surface area contributed by atoms with Gasteiger partial charge in [0.25, 0.3) is 0 Å². The second-order valence-electron chi connectivity index (χ2n) is 2.62. The Morgan fingerprint density at radius 1 is 1.42 bits per heavy atom. The number of carbonyl (C=O) groups is 2. The number of aryl methyl sites for hydroxylation is 1. The van der Waals surface area contributed by atoms with Crippen LogP contribution in [0.2, 0.25) is 0 Å². The lowest BCUT2D eigenvalue weighted by atomic mass is 10.3. The van der Waals surface area contributed by atoms with E-state index in [1.54, 1.807) is 6.92 Å². The zero-order valence-electron chi connectivity index (χ0n) is 7.29. The number of Topliss-reactive ketones (excluding diaryl/α,β-unsaturated/α-hetero) is 1. The Kier molecular flexibility index (Phi) is 2.08. The van der Waals surface area contributed by atoms with Gasteiger partial charge in [-0.3, -0.25) is 14.2 Å². The molecule has 4 nitrogen and oxygen atoms in total. The van der Waals surface area contributed by atoms with Crippen molar-refractivity contribution in [3.63, 3.8) is 0 Å². The summed E-state index contributed by atoms with van der Waals surface area (Å²) in [7, 11) is 0. The molecule has 64 valence electrons. The number of hydrogen-bond acceptors (Lipinski definition) is 3. The minimum absolute atomic E-state index is 0.127. The van der Waals surface area contributed by atoms with E-state index >= 15 is 0 Å². The largest absolute Gasteiger partial charge is 0.293 e. The van der Waals surface area contributed by atoms with Crippen molar-refractivity contribution in [3.05, 3.63) is 17.7 Å². The van der Waals surface area contributed by atoms with Crippen LogP contribution >= 0.6 is 0 Å². The molecule has 1 aromatic rings. The molecule has 4 heteroatoms. The molecule has 0 aliphatic rings. The monoisotopic (exact) mass is 166 g/mol. The average Bonchev–Trinajstić information content (AvgIpc) is 2.30. The van der Waals surface area contributed by atoms with Crippen molar-refractivity contribution >= 4 is 11.7 Å². The number of carbonyl (C=O) groups excluding carboxylic acids is 2. The van der Waals surface area contributed by atoms with E-state index in [9.17, 15) is 9.59 Å². The van der Waals surface area contributed by atoms with Crippen molar-refractivity contribution in [2.45, 2.75) is 20.8 Å². The summed E-state index contributed by atoms with van der Waals surface area (Å²) in [6.45, 7) is 4.54. The van der Waals surface area contributed by atoms with Gasteiger partial charge in [-0.1, -0.05) is 0 Å². The molecular formula is C8H10N2O2. The highest BCUT2D eigenvalue weighted by molar-refractivity contribution is 5.93. The summed E-state index contributed by atoms with van der Waals surface area (Å²) in [6, 6.07) is 0. The Bertz CT molecular complexity index is 339. The van der Waals surface area contributed by atoms with E-state index < -0.39 is 0 Å². The van der Waals surface area contributed by atoms with Crippen LogP contribution < -0.4 is 0 Å². The molecule has 0 atom stereocenters. The molecule has 1 rings (SSSR count). The van der Waals surface area contributed by atoms with Crippen molar-refractivity contribution in [1.29, 1.82) is 0 Å². The van der Waals surface area contributed by atoms with Crippen molar-refractivity contribution < 1.29 is 9.59 Å². The highest BCUT2D eigenvalue weighted by atomic mass is 16.2. The maximum atomic E-state index is 10.9. The van der Waals surface area contributed by atoms with Crippen LogP contribution in [0.3, 0.4) is 0 Å². The predicted octanol–water partition coefficient (Wildman–Crippen LogP) is 1.05. The molecule has 0 aliphatic heterocycles. The molecule has 0 bridgehead atoms. The van der Waals surface area contributed by atoms with Crippen molar-refractivity contribution in [2.75, 3.05) is 0 Å². The molecule has 0 amide bonds. The third kappa shape index (κ3) is 1.42. The van der Waals surface area contributed by atoms with Crippen molar-refractivity contribution in [3.8, 4) is 0 Å². The van der Waals surface area contributed by atoms with E-state index in [2.05, 4.69) is 4.98 Å². The molecule has 0 N–H and O–H groups in total. The molecule has 0 spiro atoms. The van der Waals surface area contributed by atoms with Gasteiger partial charge in [0, 0.05) is 20.0 Å². The van der Waals surface area contributed by atoms with Gasteiger partial charge in [0.1, 0.15) is 11.5 Å². The summed E-state index contributed by atoms with van der Waals surface area (Å²) >= 11 is 0. The molecule has 0 radical (unpaired) electrons. The van der Waals surface area contributed by atoms with E-state index in [1.807, 2.05) is 0 Å². The smallest absolute Gasteiger partial charge is 0.228 e. The van der Waals surface area contributed by atoms with Crippen LogP contribution in [0.25, 0.3) is 0 Å². The fourth-order valence-corrected chi connectivity index (χ4v) is 0.961. The van der Waals surface area contributed by atoms with Gasteiger partial charge in [-0.25, -0.2) is 4.98 Å². The normalized spacial score (nSPS) is 9.92. The first-order valence-electron chi connectivity index (χ1n) is 3.60. The molecule has 0 aliphatic carbocycles. The van der Waals surface area contributed by atoms with E-state index in [4.69, 9.17) is 0 Å². The minimum atomic E-state index is -0.132. The zero-order valence-corrected chi connectivity index (χ0v) is 7.29. The lowest BCUT2D eigenvalue weighted by Crippen LogP contribution is -2.05. The molecule has 1 aromatic heterocycles. The topological polar surface area (TPSA) is 52.0 Å². The maximum absolute atomic E-state index is 10.9. The summed E-state index contributed by atoms with van der Waals surface area (Å²) < 4.78 is 1.36. The van der Waals surface area contributed by atoms with Crippen LogP contribution in [0.4, 0.5) is 0 Å². The summed E-state index contributed by atoms with van der Waals surface area (Å²) in [4.78, 5) is 25.7. The van der Waals surface area contributed by atoms with Crippen LogP contribution in [0.15, 0.2) is 6.20 Å². The van der Waals surface area contributed by atoms with Crippen molar-refractivity contribution in [1.82, 2.24) is 9.55 Å². The Morgan fingerprint density at radius 2 is 2.00 bits per heavy atom. The quantitative estimate of drug-likeness (QED) is 0.586. The lowest BCUT2D eigenvalue weighted by molar-refractivity contribution is 0.0934. The maximum Gasteiger partial charge on any atom is 0.228 e. The number of aromatic nitrogens is 2. The van der Waals surface area contributed by atoms with Crippen LogP contribution in [-0.4, -0.2) is 21.2 Å². The summed E-state index contributed by atoms with van der Waals surface area (Å²) in [6.07, 6.45) is 1.46. The van der Waals surface area contributed by atoms with Crippen molar-refractivity contribution in [2.24, 2.45) is 0 Å². The van der Waals surface area contributed by atoms with Gasteiger partial charge in [0.15, 0.2) is 5.78 Å². The zero-order chi connectivity index (χ0) is 9.30. The van der Waals surface area contributed by atoms with E-state index in [0.717, 1.165) is 0 Å². The Morgan fingerprint density at radius 3 is 2.25 bits per heavy atom. The van der Waals surface area contributed by atoms with Gasteiger partial charge in [-0.15, -0.1) is 0 Å². The molecule has 0 saturated heterocycles. The van der Waals surface area contributed by atoms with Gasteiger partial charge in [-0.05, 0) is 6.92 Å². The Hall–Kier alpha value is -1.45. The number of rotatable bonds is 1. The van der Waals surface area contributed by atoms with Crippen LogP contribution in [-0.2, 0) is 0 Å². The molecular weight excluding hydrogens is 156 g/mol. The highest BCUT2D eigenvalue weighted by Gasteiger charge is 2.09. The number of imidazole rings is 1. The number of nitrogens with zero attached hydrogens (tertiary/aromatic N) is 2. The minimum Gasteiger partial charge on any atom is -0.293 e. The van der Waals surface area contributed by atoms with Gasteiger partial charge < -0.3 is 0 Å². The van der Waals surface area contributed by atoms with Gasteiger partial charge in [-0.2, -0.15) is 0 Å². The molecule has 0 unspecified atom stereocenters. The first-order chi connectivity index (χ1) is 5.52. The molecule has 0 saturated carbocycles. The molecule has 0 aromatic carbocycles. The summed E-state index contributed by atoms with van der Waals surface area (Å²) in [5.74, 6) is 0.290. The number of hydrogen-bond donors (Lipinski definition) is 0. The van der Waals surface area contributed by atoms with Crippen LogP contribution in [0.1, 0.15) is 35.0 Å². The Labute approximate surface area is 70.2 Å². The van der Waals surface area contributed by atoms with Crippen LogP contribution in [0, 0.1) is 6.92 Å². The first-order valence-corrected chi connectivity index (χ1v) is 3.60. The first kappa shape index (κ1) is 8.64. The fourth-order valence-electron chi connectivity index (χ4n) is 0.961. The van der Waals surface area contributed by atoms with E-state index in [1.165, 1.54) is 24.6 Å². The SMILES string of the molecule is CC(=O)c1cn(C(C)=O)c(C)n1. The molecule has 0 fully saturated rings. The van der Waals surface area contributed by atoms with Gasteiger partial charge in [0.2, 0.25) is 5.91 Å². The van der Waals surface area contributed by atoms with Gasteiger partial charge in [0.05, 0.1) is 0 Å². The van der Waals surface area contributed by atoms with Gasteiger partial charge >= 0.3 is 0 Å². The molecule has 12 heavy (non-hydrogen) atoms. The highest BCUT2D eigenvalue weighted by Crippen LogP contribution is 2.02. The summed E-state index contributed by atoms with van der Waals surface area (Å²) in [5, 5.41) is 0. The fraction of sp³-hybridized carbons (Fsp3) is 0.375. The second-order valence-corrected chi connectivity index (χ2v) is 2.62. The second kappa shape index (κ2) is 2.89. The van der Waals surface area contributed by atoms with E-state index in [0.29, 0.717) is 11.5 Å². The summed E-state index contributed by atoms with van der Waals surface area (Å²) in [5.41, 5.74) is 0.336.